The quantitative estimate of drug-likeness (QED) is 0.654. The van der Waals surface area contributed by atoms with Crippen molar-refractivity contribution in [1.82, 2.24) is 15.1 Å². The van der Waals surface area contributed by atoms with Crippen LogP contribution in [-0.2, 0) is 0 Å². The van der Waals surface area contributed by atoms with Crippen LogP contribution in [0.2, 0.25) is 0 Å². The van der Waals surface area contributed by atoms with Gasteiger partial charge in [-0.25, -0.2) is 0 Å². The van der Waals surface area contributed by atoms with Gasteiger partial charge in [-0.1, -0.05) is 26.0 Å². The van der Waals surface area contributed by atoms with Crippen molar-refractivity contribution in [3.05, 3.63) is 59.3 Å². The second-order valence-corrected chi connectivity index (χ2v) is 9.06. The second kappa shape index (κ2) is 6.69. The fourth-order valence-corrected chi connectivity index (χ4v) is 4.88. The number of hydrogen-bond donors (Lipinski definition) is 1. The first kappa shape index (κ1) is 18.9. The van der Waals surface area contributed by atoms with Crippen LogP contribution in [0, 0.1) is 12.3 Å². The number of aromatic nitrogens is 2. The number of rotatable bonds is 3. The molecular weight excluding hydrogens is 378 g/mol. The molecule has 6 heteroatoms. The van der Waals surface area contributed by atoms with Gasteiger partial charge in [0.15, 0.2) is 0 Å². The Balaban J connectivity index is 1.42. The third-order valence-electron chi connectivity index (χ3n) is 6.77. The topological polar surface area (TPSA) is 75.3 Å². The number of hydrogen-bond acceptors (Lipinski definition) is 4. The van der Waals surface area contributed by atoms with E-state index in [-0.39, 0.29) is 29.4 Å². The molecule has 0 bridgehead atoms. The summed E-state index contributed by atoms with van der Waals surface area (Å²) in [6.45, 7) is 6.31. The predicted molar refractivity (Wildman–Crippen MR) is 114 cm³/mol. The number of amides is 2. The van der Waals surface area contributed by atoms with Crippen molar-refractivity contribution in [2.75, 3.05) is 0 Å². The molecule has 2 heterocycles. The third kappa shape index (κ3) is 2.82. The summed E-state index contributed by atoms with van der Waals surface area (Å²) in [5, 5.41) is 8.13. The molecule has 154 valence electrons. The van der Waals surface area contributed by atoms with Crippen LogP contribution in [0.1, 0.15) is 59.4 Å². The van der Waals surface area contributed by atoms with Gasteiger partial charge in [0.05, 0.1) is 22.8 Å². The number of carbonyl (C=O) groups excluding carboxylic acids is 2. The van der Waals surface area contributed by atoms with Gasteiger partial charge in [-0.2, -0.15) is 5.10 Å². The van der Waals surface area contributed by atoms with E-state index in [1.54, 1.807) is 24.3 Å². The van der Waals surface area contributed by atoms with Gasteiger partial charge in [0.25, 0.3) is 11.8 Å². The van der Waals surface area contributed by atoms with Crippen molar-refractivity contribution in [2.45, 2.75) is 52.2 Å². The van der Waals surface area contributed by atoms with E-state index in [4.69, 9.17) is 4.74 Å². The maximum absolute atomic E-state index is 13.1. The molecule has 1 aliphatic heterocycles. The minimum atomic E-state index is -0.207. The SMILES string of the molecule is Cc1c(O[C@@H]2CCC(C)(C)[C@H](N3C(=O)c4ccccc4C3=O)C2)ccc2[nH]ncc12. The summed E-state index contributed by atoms with van der Waals surface area (Å²) in [4.78, 5) is 27.6. The second-order valence-electron chi connectivity index (χ2n) is 9.06. The lowest BCUT2D eigenvalue weighted by molar-refractivity contribution is 0.00708. The number of fused-ring (bicyclic) bond motifs is 2. The Morgan fingerprint density at radius 2 is 1.80 bits per heavy atom. The third-order valence-corrected chi connectivity index (χ3v) is 6.77. The molecule has 1 saturated carbocycles. The van der Waals surface area contributed by atoms with Crippen molar-refractivity contribution in [3.63, 3.8) is 0 Å². The van der Waals surface area contributed by atoms with Crippen LogP contribution in [-0.4, -0.2) is 39.1 Å². The molecule has 1 aliphatic carbocycles. The number of nitrogens with one attached hydrogen (secondary N) is 1. The van der Waals surface area contributed by atoms with Crippen LogP contribution in [0.15, 0.2) is 42.6 Å². The highest BCUT2D eigenvalue weighted by atomic mass is 16.5. The molecule has 2 aliphatic rings. The summed E-state index contributed by atoms with van der Waals surface area (Å²) in [5.41, 5.74) is 2.86. The van der Waals surface area contributed by atoms with Crippen LogP contribution in [0.5, 0.6) is 5.75 Å². The van der Waals surface area contributed by atoms with Crippen LogP contribution < -0.4 is 4.74 Å². The van der Waals surface area contributed by atoms with E-state index >= 15 is 0 Å². The molecule has 0 saturated heterocycles. The molecule has 2 aromatic carbocycles. The molecule has 0 spiro atoms. The number of ether oxygens (including phenoxy) is 1. The molecular formula is C24H25N3O3. The van der Waals surface area contributed by atoms with E-state index < -0.39 is 0 Å². The number of aryl methyl sites for hydroxylation is 1. The summed E-state index contributed by atoms with van der Waals surface area (Å²) in [7, 11) is 0. The Labute approximate surface area is 175 Å². The number of nitrogens with zero attached hydrogens (tertiary/aromatic N) is 2. The first-order valence-corrected chi connectivity index (χ1v) is 10.4. The molecule has 1 aromatic heterocycles. The zero-order valence-electron chi connectivity index (χ0n) is 17.4. The standard InChI is InChI=1S/C24H25N3O3/c1-14-18-13-25-26-19(18)8-9-20(14)30-15-10-11-24(2,3)21(12-15)27-22(28)16-6-4-5-7-17(16)23(27)29/h4-9,13,15,21H,10-12H2,1-3H3,(H,25,26)/t15-,21-/m1/s1. The van der Waals surface area contributed by atoms with E-state index in [1.807, 2.05) is 25.3 Å². The Kier molecular flexibility index (Phi) is 4.20. The number of benzene rings is 2. The van der Waals surface area contributed by atoms with Crippen molar-refractivity contribution < 1.29 is 14.3 Å². The highest BCUT2D eigenvalue weighted by molar-refractivity contribution is 6.21. The summed E-state index contributed by atoms with van der Waals surface area (Å²) in [6, 6.07) is 10.8. The van der Waals surface area contributed by atoms with Crippen molar-refractivity contribution in [1.29, 1.82) is 0 Å². The minimum Gasteiger partial charge on any atom is -0.490 e. The van der Waals surface area contributed by atoms with Gasteiger partial charge in [0.2, 0.25) is 0 Å². The Bertz CT molecular complexity index is 1130. The van der Waals surface area contributed by atoms with E-state index in [0.717, 1.165) is 35.1 Å². The highest BCUT2D eigenvalue weighted by Crippen LogP contribution is 2.43. The van der Waals surface area contributed by atoms with Gasteiger partial charge in [0.1, 0.15) is 11.9 Å². The summed E-state index contributed by atoms with van der Waals surface area (Å²) in [6.07, 6.45) is 4.14. The molecule has 30 heavy (non-hydrogen) atoms. The lowest BCUT2D eigenvalue weighted by Gasteiger charge is -2.45. The molecule has 2 amide bonds. The molecule has 0 unspecified atom stereocenters. The first-order valence-electron chi connectivity index (χ1n) is 10.4. The van der Waals surface area contributed by atoms with E-state index in [1.165, 1.54) is 4.90 Å². The van der Waals surface area contributed by atoms with Crippen LogP contribution in [0.3, 0.4) is 0 Å². The fourth-order valence-electron chi connectivity index (χ4n) is 4.88. The van der Waals surface area contributed by atoms with Gasteiger partial charge >= 0.3 is 0 Å². The predicted octanol–water partition coefficient (Wildman–Crippen LogP) is 4.49. The fraction of sp³-hybridized carbons (Fsp3) is 0.375. The average molecular weight is 403 g/mol. The normalized spacial score (nSPS) is 23.1. The van der Waals surface area contributed by atoms with Crippen LogP contribution in [0.25, 0.3) is 10.9 Å². The minimum absolute atomic E-state index is 0.0598. The Morgan fingerprint density at radius 1 is 1.10 bits per heavy atom. The Hall–Kier alpha value is -3.15. The summed E-state index contributed by atoms with van der Waals surface area (Å²) in [5.74, 6) is 0.449. The van der Waals surface area contributed by atoms with Gasteiger partial charge in [0, 0.05) is 23.4 Å². The lowest BCUT2D eigenvalue weighted by atomic mass is 9.71. The van der Waals surface area contributed by atoms with Gasteiger partial charge in [-0.05, 0) is 49.4 Å². The zero-order chi connectivity index (χ0) is 21.0. The smallest absolute Gasteiger partial charge is 0.261 e. The van der Waals surface area contributed by atoms with Crippen molar-refractivity contribution >= 4 is 22.7 Å². The molecule has 3 aromatic rings. The lowest BCUT2D eigenvalue weighted by Crippen LogP contribution is -2.53. The maximum Gasteiger partial charge on any atom is 0.261 e. The van der Waals surface area contributed by atoms with Crippen molar-refractivity contribution in [2.24, 2.45) is 5.41 Å². The van der Waals surface area contributed by atoms with Gasteiger partial charge in [-0.3, -0.25) is 19.6 Å². The van der Waals surface area contributed by atoms with Crippen LogP contribution in [0.4, 0.5) is 0 Å². The van der Waals surface area contributed by atoms with Gasteiger partial charge < -0.3 is 4.74 Å². The number of aromatic amines is 1. The zero-order valence-corrected chi connectivity index (χ0v) is 17.4. The number of carbonyl (C=O) groups is 2. The number of imide groups is 1. The molecule has 5 rings (SSSR count). The molecule has 2 atom stereocenters. The summed E-state index contributed by atoms with van der Waals surface area (Å²) >= 11 is 0. The largest absolute Gasteiger partial charge is 0.490 e. The Morgan fingerprint density at radius 3 is 2.50 bits per heavy atom. The molecule has 0 radical (unpaired) electrons. The molecule has 1 N–H and O–H groups in total. The van der Waals surface area contributed by atoms with E-state index in [0.29, 0.717) is 17.5 Å². The van der Waals surface area contributed by atoms with E-state index in [2.05, 4.69) is 24.0 Å². The maximum atomic E-state index is 13.1. The first-order chi connectivity index (χ1) is 14.4. The highest BCUT2D eigenvalue weighted by Gasteiger charge is 2.48. The van der Waals surface area contributed by atoms with Crippen LogP contribution >= 0.6 is 0 Å². The van der Waals surface area contributed by atoms with Crippen molar-refractivity contribution in [3.8, 4) is 5.75 Å². The monoisotopic (exact) mass is 403 g/mol. The number of H-pyrrole nitrogens is 1. The molecule has 6 nitrogen and oxygen atoms in total. The summed E-state index contributed by atoms with van der Waals surface area (Å²) < 4.78 is 6.40. The van der Waals surface area contributed by atoms with Gasteiger partial charge in [-0.15, -0.1) is 0 Å². The molecule has 1 fully saturated rings. The average Bonchev–Trinajstić information content (AvgIpc) is 3.30. The van der Waals surface area contributed by atoms with E-state index in [9.17, 15) is 9.59 Å².